The molecule has 0 aromatic heterocycles. The lowest BCUT2D eigenvalue weighted by molar-refractivity contribution is -0.137. The highest BCUT2D eigenvalue weighted by molar-refractivity contribution is 9.10. The molecule has 0 radical (unpaired) electrons. The smallest absolute Gasteiger partial charge is 0.398 e. The third kappa shape index (κ3) is 2.08. The molecule has 13 heavy (non-hydrogen) atoms. The predicted octanol–water partition coefficient (Wildman–Crippen LogP) is 3.70. The van der Waals surface area contributed by atoms with Crippen LogP contribution in [0.5, 0.6) is 0 Å². The number of hydrogen-bond donors (Lipinski definition) is 1. The highest BCUT2D eigenvalue weighted by Gasteiger charge is 2.36. The number of nitrogens with two attached hydrogens (primary N) is 1. The fourth-order valence-electron chi connectivity index (χ4n) is 0.854. The average molecular weight is 274 g/mol. The highest BCUT2D eigenvalue weighted by atomic mass is 79.9. The van der Waals surface area contributed by atoms with E-state index in [1.165, 1.54) is 6.07 Å². The van der Waals surface area contributed by atoms with Crippen LogP contribution in [0.2, 0.25) is 5.02 Å². The zero-order chi connectivity index (χ0) is 10.2. The Bertz CT molecular complexity index is 337. The number of benzene rings is 1. The van der Waals surface area contributed by atoms with Gasteiger partial charge in [0.15, 0.2) is 0 Å². The van der Waals surface area contributed by atoms with Gasteiger partial charge in [0.1, 0.15) is 0 Å². The maximum Gasteiger partial charge on any atom is 0.419 e. The minimum absolute atomic E-state index is 0.0125. The lowest BCUT2D eigenvalue weighted by atomic mass is 10.2. The lowest BCUT2D eigenvalue weighted by Crippen LogP contribution is -2.10. The van der Waals surface area contributed by atoms with E-state index in [2.05, 4.69) is 15.9 Å². The summed E-state index contributed by atoms with van der Waals surface area (Å²) in [5.74, 6) is 0. The summed E-state index contributed by atoms with van der Waals surface area (Å²) >= 11 is 8.22. The first-order chi connectivity index (χ1) is 5.84. The van der Waals surface area contributed by atoms with Crippen LogP contribution in [0.25, 0.3) is 0 Å². The molecule has 1 aromatic rings. The SMILES string of the molecule is Nc1ccc(Cl)c(Br)c1C(F)(F)F. The number of hydrogen-bond acceptors (Lipinski definition) is 1. The summed E-state index contributed by atoms with van der Waals surface area (Å²) in [5.41, 5.74) is 3.89. The van der Waals surface area contributed by atoms with E-state index in [4.69, 9.17) is 17.3 Å². The van der Waals surface area contributed by atoms with Gasteiger partial charge in [-0.2, -0.15) is 13.2 Å². The zero-order valence-electron chi connectivity index (χ0n) is 6.12. The van der Waals surface area contributed by atoms with Crippen LogP contribution in [0.3, 0.4) is 0 Å². The molecule has 0 aliphatic rings. The molecular weight excluding hydrogens is 270 g/mol. The van der Waals surface area contributed by atoms with Gasteiger partial charge in [0.05, 0.1) is 15.1 Å². The quantitative estimate of drug-likeness (QED) is 0.717. The van der Waals surface area contributed by atoms with Crippen LogP contribution < -0.4 is 5.73 Å². The van der Waals surface area contributed by atoms with E-state index in [1.54, 1.807) is 0 Å². The molecular formula is C7H4BrClF3N. The molecule has 0 spiro atoms. The van der Waals surface area contributed by atoms with Crippen molar-refractivity contribution in [1.29, 1.82) is 0 Å². The molecule has 2 N–H and O–H groups in total. The third-order valence-electron chi connectivity index (χ3n) is 1.41. The van der Waals surface area contributed by atoms with Crippen LogP contribution >= 0.6 is 27.5 Å². The van der Waals surface area contributed by atoms with E-state index >= 15 is 0 Å². The molecule has 72 valence electrons. The van der Waals surface area contributed by atoms with Gasteiger partial charge in [-0.05, 0) is 28.1 Å². The Morgan fingerprint density at radius 3 is 2.23 bits per heavy atom. The topological polar surface area (TPSA) is 26.0 Å². The van der Waals surface area contributed by atoms with Crippen LogP contribution in [0.4, 0.5) is 18.9 Å². The van der Waals surface area contributed by atoms with Crippen LogP contribution in [-0.4, -0.2) is 0 Å². The molecule has 0 saturated heterocycles. The number of alkyl halides is 3. The van der Waals surface area contributed by atoms with E-state index in [0.717, 1.165) is 6.07 Å². The minimum Gasteiger partial charge on any atom is -0.398 e. The average Bonchev–Trinajstić information content (AvgIpc) is 1.95. The van der Waals surface area contributed by atoms with Crippen molar-refractivity contribution in [2.45, 2.75) is 6.18 Å². The molecule has 0 unspecified atom stereocenters. The fourth-order valence-corrected chi connectivity index (χ4v) is 1.60. The highest BCUT2D eigenvalue weighted by Crippen LogP contribution is 2.41. The van der Waals surface area contributed by atoms with Gasteiger partial charge < -0.3 is 5.73 Å². The molecule has 0 saturated carbocycles. The molecule has 1 rings (SSSR count). The summed E-state index contributed by atoms with van der Waals surface area (Å²) in [4.78, 5) is 0. The normalized spacial score (nSPS) is 11.8. The predicted molar refractivity (Wildman–Crippen MR) is 48.6 cm³/mol. The van der Waals surface area contributed by atoms with Gasteiger partial charge in [-0.3, -0.25) is 0 Å². The van der Waals surface area contributed by atoms with Crippen LogP contribution in [0.15, 0.2) is 16.6 Å². The first-order valence-electron chi connectivity index (χ1n) is 3.14. The molecule has 0 bridgehead atoms. The van der Waals surface area contributed by atoms with Crippen molar-refractivity contribution in [3.8, 4) is 0 Å². The summed E-state index contributed by atoms with van der Waals surface area (Å²) in [5, 5.41) is -0.0125. The summed E-state index contributed by atoms with van der Waals surface area (Å²) in [7, 11) is 0. The maximum absolute atomic E-state index is 12.3. The van der Waals surface area contributed by atoms with E-state index in [-0.39, 0.29) is 15.2 Å². The van der Waals surface area contributed by atoms with Crippen molar-refractivity contribution >= 4 is 33.2 Å². The van der Waals surface area contributed by atoms with Crippen molar-refractivity contribution < 1.29 is 13.2 Å². The summed E-state index contributed by atoms with van der Waals surface area (Å²) in [6, 6.07) is 2.42. The standard InChI is InChI=1S/C7H4BrClF3N/c8-6-3(9)1-2-4(13)5(6)7(10,11)12/h1-2H,13H2. The molecule has 0 fully saturated rings. The first-order valence-corrected chi connectivity index (χ1v) is 4.32. The van der Waals surface area contributed by atoms with E-state index in [0.29, 0.717) is 0 Å². The van der Waals surface area contributed by atoms with Crippen molar-refractivity contribution in [2.24, 2.45) is 0 Å². The van der Waals surface area contributed by atoms with Crippen molar-refractivity contribution in [2.75, 3.05) is 5.73 Å². The Kier molecular flexibility index (Phi) is 2.77. The van der Waals surface area contributed by atoms with Crippen molar-refractivity contribution in [3.05, 3.63) is 27.2 Å². The molecule has 0 aliphatic carbocycles. The molecule has 1 aromatic carbocycles. The molecule has 0 amide bonds. The number of nitrogen functional groups attached to an aromatic ring is 1. The summed E-state index contributed by atoms with van der Waals surface area (Å²) in [6.07, 6.45) is -4.49. The Balaban J connectivity index is 3.43. The van der Waals surface area contributed by atoms with Gasteiger partial charge in [0.2, 0.25) is 0 Å². The van der Waals surface area contributed by atoms with Gasteiger partial charge in [-0.1, -0.05) is 11.6 Å². The van der Waals surface area contributed by atoms with Crippen molar-refractivity contribution in [1.82, 2.24) is 0 Å². The van der Waals surface area contributed by atoms with Gasteiger partial charge in [-0.15, -0.1) is 0 Å². The summed E-state index contributed by atoms with van der Waals surface area (Å²) < 4.78 is 36.7. The fraction of sp³-hybridized carbons (Fsp3) is 0.143. The Morgan fingerprint density at radius 1 is 1.31 bits per heavy atom. The Hall–Kier alpha value is -0.420. The van der Waals surface area contributed by atoms with Gasteiger partial charge in [-0.25, -0.2) is 0 Å². The molecule has 0 aliphatic heterocycles. The van der Waals surface area contributed by atoms with Crippen molar-refractivity contribution in [3.63, 3.8) is 0 Å². The Morgan fingerprint density at radius 2 is 1.85 bits per heavy atom. The van der Waals surface area contributed by atoms with Crippen LogP contribution in [0, 0.1) is 0 Å². The summed E-state index contributed by atoms with van der Waals surface area (Å²) in [6.45, 7) is 0. The maximum atomic E-state index is 12.3. The number of anilines is 1. The monoisotopic (exact) mass is 273 g/mol. The molecule has 6 heteroatoms. The second-order valence-corrected chi connectivity index (χ2v) is 3.52. The second kappa shape index (κ2) is 3.38. The zero-order valence-corrected chi connectivity index (χ0v) is 8.46. The van der Waals surface area contributed by atoms with Crippen LogP contribution in [0.1, 0.15) is 5.56 Å². The third-order valence-corrected chi connectivity index (χ3v) is 2.78. The Labute approximate surface area is 85.8 Å². The van der Waals surface area contributed by atoms with E-state index in [9.17, 15) is 13.2 Å². The minimum atomic E-state index is -4.49. The van der Waals surface area contributed by atoms with E-state index in [1.807, 2.05) is 0 Å². The lowest BCUT2D eigenvalue weighted by Gasteiger charge is -2.12. The number of rotatable bonds is 0. The molecule has 1 nitrogen and oxygen atoms in total. The second-order valence-electron chi connectivity index (χ2n) is 2.32. The van der Waals surface area contributed by atoms with Gasteiger partial charge in [0, 0.05) is 5.69 Å². The number of halogens is 5. The van der Waals surface area contributed by atoms with Crippen LogP contribution in [-0.2, 0) is 6.18 Å². The van der Waals surface area contributed by atoms with Gasteiger partial charge >= 0.3 is 6.18 Å². The first kappa shape index (κ1) is 10.7. The largest absolute Gasteiger partial charge is 0.419 e. The molecule has 0 heterocycles. The van der Waals surface area contributed by atoms with Gasteiger partial charge in [0.25, 0.3) is 0 Å². The van der Waals surface area contributed by atoms with E-state index < -0.39 is 11.7 Å². The molecule has 0 atom stereocenters.